The zero-order valence-corrected chi connectivity index (χ0v) is 12.8. The summed E-state index contributed by atoms with van der Waals surface area (Å²) in [6.45, 7) is 0. The maximum atomic E-state index is 9.90. The maximum Gasteiger partial charge on any atom is 0.137 e. The van der Waals surface area contributed by atoms with E-state index >= 15 is 0 Å². The Balaban J connectivity index is 2.22. The third kappa shape index (κ3) is 2.29. The number of thiazole rings is 1. The van der Waals surface area contributed by atoms with Gasteiger partial charge >= 0.3 is 0 Å². The van der Waals surface area contributed by atoms with E-state index in [4.69, 9.17) is 34.8 Å². The highest BCUT2D eigenvalue weighted by molar-refractivity contribution is 7.21. The Morgan fingerprint density at radius 2 is 1.55 bits per heavy atom. The second-order valence-corrected chi connectivity index (χ2v) is 6.33. The Bertz CT molecular complexity index is 793. The first-order valence-corrected chi connectivity index (χ1v) is 7.38. The van der Waals surface area contributed by atoms with Gasteiger partial charge in [-0.15, -0.1) is 11.3 Å². The molecule has 3 rings (SSSR count). The molecule has 0 unspecified atom stereocenters. The Morgan fingerprint density at radius 3 is 2.30 bits per heavy atom. The van der Waals surface area contributed by atoms with Crippen LogP contribution >= 0.6 is 46.1 Å². The van der Waals surface area contributed by atoms with Crippen molar-refractivity contribution in [3.05, 3.63) is 39.3 Å². The minimum Gasteiger partial charge on any atom is -0.507 e. The van der Waals surface area contributed by atoms with Gasteiger partial charge in [0, 0.05) is 6.07 Å². The van der Waals surface area contributed by atoms with Gasteiger partial charge in [-0.1, -0.05) is 34.8 Å². The molecule has 1 aromatic heterocycles. The largest absolute Gasteiger partial charge is 0.507 e. The number of hydrogen-bond acceptors (Lipinski definition) is 4. The zero-order chi connectivity index (χ0) is 14.4. The molecule has 0 radical (unpaired) electrons. The van der Waals surface area contributed by atoms with Crippen molar-refractivity contribution >= 4 is 56.4 Å². The molecule has 0 atom stereocenters. The first-order chi connectivity index (χ1) is 9.45. The van der Waals surface area contributed by atoms with Crippen molar-refractivity contribution in [1.29, 1.82) is 0 Å². The summed E-state index contributed by atoms with van der Waals surface area (Å²) in [5.74, 6) is -0.275. The van der Waals surface area contributed by atoms with Crippen molar-refractivity contribution < 1.29 is 10.2 Å². The molecular formula is C13H6Cl3NO2S. The van der Waals surface area contributed by atoms with Crippen molar-refractivity contribution in [3.63, 3.8) is 0 Å². The molecule has 3 aromatic rings. The number of hydrogen-bond donors (Lipinski definition) is 2. The van der Waals surface area contributed by atoms with E-state index in [2.05, 4.69) is 4.98 Å². The van der Waals surface area contributed by atoms with Gasteiger partial charge in [0.25, 0.3) is 0 Å². The fraction of sp³-hybridized carbons (Fsp3) is 0. The number of nitrogens with zero attached hydrogens (tertiary/aromatic N) is 1. The smallest absolute Gasteiger partial charge is 0.137 e. The number of aromatic hydroxyl groups is 2. The van der Waals surface area contributed by atoms with Crippen molar-refractivity contribution in [2.24, 2.45) is 0 Å². The van der Waals surface area contributed by atoms with Gasteiger partial charge in [0.15, 0.2) is 0 Å². The highest BCUT2D eigenvalue weighted by atomic mass is 35.5. The molecule has 2 N–H and O–H groups in total. The van der Waals surface area contributed by atoms with Crippen LogP contribution in [0.5, 0.6) is 11.5 Å². The molecular weight excluding hydrogens is 341 g/mol. The van der Waals surface area contributed by atoms with E-state index in [9.17, 15) is 10.2 Å². The lowest BCUT2D eigenvalue weighted by Crippen LogP contribution is -1.79. The van der Waals surface area contributed by atoms with Crippen LogP contribution in [0.2, 0.25) is 15.1 Å². The Morgan fingerprint density at radius 1 is 0.850 bits per heavy atom. The van der Waals surface area contributed by atoms with Crippen LogP contribution < -0.4 is 0 Å². The van der Waals surface area contributed by atoms with E-state index in [1.54, 1.807) is 12.1 Å². The third-order valence-electron chi connectivity index (χ3n) is 2.73. The lowest BCUT2D eigenvalue weighted by atomic mass is 10.2. The SMILES string of the molecule is Oc1cc(O)c(-c2nc3cc(Cl)c(Cl)cc3s2)cc1Cl. The summed E-state index contributed by atoms with van der Waals surface area (Å²) in [5.41, 5.74) is 1.13. The van der Waals surface area contributed by atoms with Crippen LogP contribution in [0.4, 0.5) is 0 Å². The van der Waals surface area contributed by atoms with Crippen molar-refractivity contribution in [1.82, 2.24) is 4.98 Å². The van der Waals surface area contributed by atoms with Crippen molar-refractivity contribution in [3.8, 4) is 22.1 Å². The van der Waals surface area contributed by atoms with Gasteiger partial charge in [-0.2, -0.15) is 0 Å². The standard InChI is InChI=1S/C13H6Cl3NO2S/c14-6-2-9-12(3-7(6)15)20-13(17-9)5-1-8(16)11(19)4-10(5)18/h1-4,18-19H. The second kappa shape index (κ2) is 4.97. The summed E-state index contributed by atoms with van der Waals surface area (Å²) in [6.07, 6.45) is 0. The second-order valence-electron chi connectivity index (χ2n) is 4.07. The van der Waals surface area contributed by atoms with E-state index in [1.807, 2.05) is 0 Å². The minimum absolute atomic E-state index is 0.0943. The van der Waals surface area contributed by atoms with Crippen LogP contribution in [-0.2, 0) is 0 Å². The molecule has 0 spiro atoms. The summed E-state index contributed by atoms with van der Waals surface area (Å²) in [5, 5.41) is 20.9. The molecule has 102 valence electrons. The van der Waals surface area contributed by atoms with Crippen LogP contribution in [0.3, 0.4) is 0 Å². The number of fused-ring (bicyclic) bond motifs is 1. The minimum atomic E-state index is -0.180. The van der Waals surface area contributed by atoms with E-state index < -0.39 is 0 Å². The fourth-order valence-corrected chi connectivity index (χ4v) is 3.32. The van der Waals surface area contributed by atoms with Gasteiger partial charge in [-0.3, -0.25) is 0 Å². The van der Waals surface area contributed by atoms with Crippen LogP contribution in [0.15, 0.2) is 24.3 Å². The Kier molecular flexibility index (Phi) is 3.42. The van der Waals surface area contributed by atoms with Gasteiger partial charge in [-0.25, -0.2) is 4.98 Å². The van der Waals surface area contributed by atoms with Crippen LogP contribution in [0.25, 0.3) is 20.8 Å². The topological polar surface area (TPSA) is 53.4 Å². The maximum absolute atomic E-state index is 9.90. The number of benzene rings is 2. The van der Waals surface area contributed by atoms with E-state index in [1.165, 1.54) is 23.5 Å². The van der Waals surface area contributed by atoms with E-state index in [0.717, 1.165) is 4.70 Å². The normalized spacial score (nSPS) is 11.2. The van der Waals surface area contributed by atoms with Gasteiger partial charge in [-0.05, 0) is 18.2 Å². The van der Waals surface area contributed by atoms with Gasteiger partial charge < -0.3 is 10.2 Å². The monoisotopic (exact) mass is 345 g/mol. The van der Waals surface area contributed by atoms with E-state index in [0.29, 0.717) is 26.1 Å². The lowest BCUT2D eigenvalue weighted by molar-refractivity contribution is 0.452. The summed E-state index contributed by atoms with van der Waals surface area (Å²) >= 11 is 19.1. The Hall–Kier alpha value is -1.20. The van der Waals surface area contributed by atoms with Crippen LogP contribution in [0, 0.1) is 0 Å². The molecule has 20 heavy (non-hydrogen) atoms. The summed E-state index contributed by atoms with van der Waals surface area (Å²) < 4.78 is 0.845. The predicted octanol–water partition coefficient (Wildman–Crippen LogP) is 5.33. The number of aromatic nitrogens is 1. The molecule has 0 aliphatic carbocycles. The number of phenols is 2. The molecule has 7 heteroatoms. The molecule has 0 aliphatic rings. The summed E-state index contributed by atoms with van der Waals surface area (Å²) in [6, 6.07) is 6.04. The average Bonchev–Trinajstić information content (AvgIpc) is 2.77. The summed E-state index contributed by atoms with van der Waals surface area (Å²) in [4.78, 5) is 4.39. The van der Waals surface area contributed by atoms with Crippen LogP contribution in [0.1, 0.15) is 0 Å². The average molecular weight is 347 g/mol. The third-order valence-corrected chi connectivity index (χ3v) is 4.80. The van der Waals surface area contributed by atoms with Gasteiger partial charge in [0.2, 0.25) is 0 Å². The van der Waals surface area contributed by atoms with Crippen molar-refractivity contribution in [2.45, 2.75) is 0 Å². The quantitative estimate of drug-likeness (QED) is 0.625. The summed E-state index contributed by atoms with van der Waals surface area (Å²) in [7, 11) is 0. The molecule has 0 amide bonds. The molecule has 2 aromatic carbocycles. The number of rotatable bonds is 1. The number of phenolic OH excluding ortho intramolecular Hbond substituents is 2. The molecule has 1 heterocycles. The van der Waals surface area contributed by atoms with Crippen LogP contribution in [-0.4, -0.2) is 15.2 Å². The molecule has 0 fully saturated rings. The number of halogens is 3. The molecule has 0 saturated heterocycles. The van der Waals surface area contributed by atoms with Gasteiger partial charge in [0.1, 0.15) is 16.5 Å². The van der Waals surface area contributed by atoms with Crippen molar-refractivity contribution in [2.75, 3.05) is 0 Å². The first kappa shape index (κ1) is 13.8. The predicted molar refractivity (Wildman–Crippen MR) is 83.4 cm³/mol. The highest BCUT2D eigenvalue weighted by Crippen LogP contribution is 2.41. The lowest BCUT2D eigenvalue weighted by Gasteiger charge is -2.03. The molecule has 0 aliphatic heterocycles. The fourth-order valence-electron chi connectivity index (χ4n) is 1.76. The highest BCUT2D eigenvalue weighted by Gasteiger charge is 2.14. The molecule has 0 saturated carbocycles. The van der Waals surface area contributed by atoms with Gasteiger partial charge in [0.05, 0.1) is 30.8 Å². The Labute approximate surface area is 133 Å². The van der Waals surface area contributed by atoms with E-state index in [-0.39, 0.29) is 16.5 Å². The zero-order valence-electron chi connectivity index (χ0n) is 9.69. The molecule has 3 nitrogen and oxygen atoms in total. The molecule has 0 bridgehead atoms. The first-order valence-electron chi connectivity index (χ1n) is 5.43.